The molecule has 3 aliphatic rings. The molecule has 0 unspecified atom stereocenters. The van der Waals surface area contributed by atoms with E-state index in [-0.39, 0.29) is 25.2 Å². The molecule has 1 N–H and O–H groups in total. The third-order valence-electron chi connectivity index (χ3n) is 9.11. The lowest BCUT2D eigenvalue weighted by molar-refractivity contribution is -0.146. The Morgan fingerprint density at radius 2 is 1.95 bits per heavy atom. The number of carbonyl (C=O) groups is 2. The maximum Gasteiger partial charge on any atom is 0.414 e. The monoisotopic (exact) mass is 623 g/mol. The number of carbonyl (C=O) groups excluding carboxylic acids is 2. The van der Waals surface area contributed by atoms with Crippen LogP contribution in [0.2, 0.25) is 18.6 Å². The molecule has 2 saturated heterocycles. The summed E-state index contributed by atoms with van der Waals surface area (Å²) in [5.74, 6) is -0.0739. The molecule has 4 heterocycles. The van der Waals surface area contributed by atoms with Crippen LogP contribution in [0.4, 0.5) is 20.3 Å². The molecule has 4 atom stereocenters. The molecule has 3 aromatic rings. The molecule has 3 aliphatic heterocycles. The second-order valence-electron chi connectivity index (χ2n) is 12.2. The van der Waals surface area contributed by atoms with Gasteiger partial charge in [0, 0.05) is 48.5 Å². The summed E-state index contributed by atoms with van der Waals surface area (Å²) in [6, 6.07) is 13.0. The van der Waals surface area contributed by atoms with E-state index in [4.69, 9.17) is 14.2 Å². The maximum absolute atomic E-state index is 16.2. The fourth-order valence-electron chi connectivity index (χ4n) is 7.11. The molecule has 0 saturated carbocycles. The molecule has 13 heteroatoms. The van der Waals surface area contributed by atoms with Crippen LogP contribution in [0.15, 0.2) is 48.7 Å². The summed E-state index contributed by atoms with van der Waals surface area (Å²) in [6.45, 7) is 6.83. The van der Waals surface area contributed by atoms with Gasteiger partial charge < -0.3 is 28.3 Å². The van der Waals surface area contributed by atoms with E-state index >= 15 is 4.11 Å². The molecule has 6 rings (SSSR count). The maximum atomic E-state index is 16.2. The van der Waals surface area contributed by atoms with Gasteiger partial charge in [-0.05, 0) is 55.4 Å². The zero-order chi connectivity index (χ0) is 31.2. The number of aryl methyl sites for hydroxylation is 1. The van der Waals surface area contributed by atoms with Crippen LogP contribution in [-0.2, 0) is 39.4 Å². The Morgan fingerprint density at radius 3 is 2.61 bits per heavy atom. The van der Waals surface area contributed by atoms with Crippen LogP contribution >= 0.6 is 0 Å². The van der Waals surface area contributed by atoms with Gasteiger partial charge in [0.2, 0.25) is 8.41 Å². The number of halogens is 1. The molecule has 44 heavy (non-hydrogen) atoms. The van der Waals surface area contributed by atoms with E-state index in [2.05, 4.69) is 10.3 Å². The van der Waals surface area contributed by atoms with Crippen LogP contribution in [-0.4, -0.2) is 73.5 Å². The molecule has 2 fully saturated rings. The molecule has 234 valence electrons. The Kier molecular flexibility index (Phi) is 7.97. The van der Waals surface area contributed by atoms with Crippen LogP contribution in [0.25, 0.3) is 0 Å². The molecule has 1 aromatic heterocycles. The number of aliphatic hydroxyl groups is 1. The standard InChI is InChI=1S/C31H38FN5O6Si/c1-20-28(44(3,4)32)27(11-13-35-19-22(12-15-38)33-34-35)43-31(20)25-17-24(41-2)9-10-26(25)37(29(31)39)18-21-5-7-23(8-6-21)36-14-16-42-30(36)40/h5-10,17,19-20,27-28,38H,11-16,18H2,1-4H3/t20-,27+,28-,31+/m1/s1. The highest BCUT2D eigenvalue weighted by Crippen LogP contribution is 2.60. The highest BCUT2D eigenvalue weighted by molar-refractivity contribution is 6.72. The number of rotatable bonds is 10. The fourth-order valence-corrected chi connectivity index (χ4v) is 9.65. The lowest BCUT2D eigenvalue weighted by Crippen LogP contribution is -2.45. The summed E-state index contributed by atoms with van der Waals surface area (Å²) in [5, 5.41) is 17.5. The van der Waals surface area contributed by atoms with E-state index in [0.29, 0.717) is 55.2 Å². The molecule has 1 spiro atoms. The number of fused-ring (bicyclic) bond motifs is 2. The van der Waals surface area contributed by atoms with Gasteiger partial charge in [0.05, 0.1) is 37.7 Å². The highest BCUT2D eigenvalue weighted by atomic mass is 28.4. The van der Waals surface area contributed by atoms with Crippen LogP contribution in [0.3, 0.4) is 0 Å². The van der Waals surface area contributed by atoms with E-state index in [1.807, 2.05) is 49.4 Å². The van der Waals surface area contributed by atoms with Crippen molar-refractivity contribution in [2.45, 2.75) is 63.2 Å². The molecule has 0 bridgehead atoms. The van der Waals surface area contributed by atoms with Crippen molar-refractivity contribution >= 4 is 31.8 Å². The smallest absolute Gasteiger partial charge is 0.414 e. The van der Waals surface area contributed by atoms with Gasteiger partial charge in [0.25, 0.3) is 5.91 Å². The first kappa shape index (κ1) is 30.2. The van der Waals surface area contributed by atoms with Gasteiger partial charge in [0.15, 0.2) is 5.60 Å². The quantitative estimate of drug-likeness (QED) is 0.264. The Labute approximate surface area is 256 Å². The molecule has 0 radical (unpaired) electrons. The van der Waals surface area contributed by atoms with Crippen molar-refractivity contribution in [1.82, 2.24) is 15.0 Å². The van der Waals surface area contributed by atoms with E-state index in [1.165, 1.54) is 0 Å². The normalized spacial score (nSPS) is 24.8. The minimum atomic E-state index is -3.33. The van der Waals surface area contributed by atoms with Crippen molar-refractivity contribution in [3.05, 3.63) is 65.5 Å². The Balaban J connectivity index is 1.32. The predicted molar refractivity (Wildman–Crippen MR) is 163 cm³/mol. The van der Waals surface area contributed by atoms with Gasteiger partial charge >= 0.3 is 6.09 Å². The van der Waals surface area contributed by atoms with Crippen LogP contribution < -0.4 is 14.5 Å². The van der Waals surface area contributed by atoms with Crippen molar-refractivity contribution < 1.29 is 33.0 Å². The number of aromatic nitrogens is 3. The number of amides is 2. The summed E-state index contributed by atoms with van der Waals surface area (Å²) >= 11 is 0. The number of hydrogen-bond acceptors (Lipinski definition) is 8. The molecular formula is C31H38FN5O6Si. The highest BCUT2D eigenvalue weighted by Gasteiger charge is 2.66. The molecule has 2 aromatic carbocycles. The van der Waals surface area contributed by atoms with E-state index in [0.717, 1.165) is 11.3 Å². The Morgan fingerprint density at radius 1 is 1.18 bits per heavy atom. The number of methoxy groups -OCH3 is 1. The summed E-state index contributed by atoms with van der Waals surface area (Å²) in [4.78, 5) is 29.9. The number of ether oxygens (including phenoxy) is 3. The molecule has 2 amide bonds. The van der Waals surface area contributed by atoms with Crippen molar-refractivity contribution in [2.24, 2.45) is 5.92 Å². The lowest BCUT2D eigenvalue weighted by Gasteiger charge is -2.31. The van der Waals surface area contributed by atoms with Gasteiger partial charge in [-0.3, -0.25) is 14.4 Å². The van der Waals surface area contributed by atoms with E-state index < -0.39 is 31.6 Å². The van der Waals surface area contributed by atoms with Gasteiger partial charge in [-0.2, -0.15) is 0 Å². The number of nitrogens with zero attached hydrogens (tertiary/aromatic N) is 5. The van der Waals surface area contributed by atoms with E-state index in [9.17, 15) is 14.7 Å². The SMILES string of the molecule is COc1ccc2c(c1)[C@]1(O[C@@H](CCn3cc(CCO)nn3)[C@H]([Si](C)(C)F)[C@H]1C)C(=O)N2Cc1ccc(N2CCOC2=O)cc1. The third-order valence-corrected chi connectivity index (χ3v) is 11.6. The first-order valence-corrected chi connectivity index (χ1v) is 17.9. The average Bonchev–Trinajstić information content (AvgIpc) is 3.75. The summed E-state index contributed by atoms with van der Waals surface area (Å²) < 4.78 is 35.3. The number of anilines is 2. The number of aliphatic hydroxyl groups excluding tert-OH is 1. The zero-order valence-electron chi connectivity index (χ0n) is 25.4. The lowest BCUT2D eigenvalue weighted by atomic mass is 9.82. The summed E-state index contributed by atoms with van der Waals surface area (Å²) in [5.41, 5.74) is 1.84. The minimum Gasteiger partial charge on any atom is -0.497 e. The second kappa shape index (κ2) is 11.6. The molecular weight excluding hydrogens is 585 g/mol. The largest absolute Gasteiger partial charge is 0.497 e. The van der Waals surface area contributed by atoms with Crippen molar-refractivity contribution in [3.63, 3.8) is 0 Å². The Hall–Kier alpha value is -3.81. The predicted octanol–water partition coefficient (Wildman–Crippen LogP) is 4.19. The van der Waals surface area contributed by atoms with Crippen molar-refractivity contribution in [1.29, 1.82) is 0 Å². The van der Waals surface area contributed by atoms with Gasteiger partial charge in [0.1, 0.15) is 12.4 Å². The first-order valence-electron chi connectivity index (χ1n) is 15.0. The number of benzene rings is 2. The van der Waals surface area contributed by atoms with Crippen LogP contribution in [0.1, 0.15) is 30.2 Å². The zero-order valence-corrected chi connectivity index (χ0v) is 26.4. The van der Waals surface area contributed by atoms with Gasteiger partial charge in [-0.15, -0.1) is 5.10 Å². The van der Waals surface area contributed by atoms with Crippen LogP contribution in [0, 0.1) is 5.92 Å². The molecule has 0 aliphatic carbocycles. The molecule has 11 nitrogen and oxygen atoms in total. The fraction of sp³-hybridized carbons (Fsp3) is 0.484. The average molecular weight is 624 g/mol. The van der Waals surface area contributed by atoms with Crippen molar-refractivity contribution in [2.75, 3.05) is 36.7 Å². The van der Waals surface area contributed by atoms with Crippen molar-refractivity contribution in [3.8, 4) is 5.75 Å². The number of hydrogen-bond donors (Lipinski definition) is 1. The number of cyclic esters (lactones) is 1. The van der Waals surface area contributed by atoms with Gasteiger partial charge in [-0.25, -0.2) is 4.79 Å². The Bertz CT molecular complexity index is 1540. The van der Waals surface area contributed by atoms with Gasteiger partial charge in [-0.1, -0.05) is 24.3 Å². The minimum absolute atomic E-state index is 0.0209. The van der Waals surface area contributed by atoms with Crippen LogP contribution in [0.5, 0.6) is 5.75 Å². The third kappa shape index (κ3) is 5.16. The first-order chi connectivity index (χ1) is 21.1. The second-order valence-corrected chi connectivity index (χ2v) is 16.0. The topological polar surface area (TPSA) is 119 Å². The van der Waals surface area contributed by atoms with E-state index in [1.54, 1.807) is 40.9 Å². The summed E-state index contributed by atoms with van der Waals surface area (Å²) in [6.07, 6.45) is 1.74. The summed E-state index contributed by atoms with van der Waals surface area (Å²) in [7, 11) is -1.76.